The van der Waals surface area contributed by atoms with Gasteiger partial charge < -0.3 is 20.5 Å². The average molecular weight is 467 g/mol. The van der Waals surface area contributed by atoms with Crippen LogP contribution >= 0.6 is 11.6 Å². The Morgan fingerprint density at radius 2 is 2.06 bits per heavy atom. The number of nitrogen functional groups attached to an aromatic ring is 1. The molecule has 2 aromatic heterocycles. The van der Waals surface area contributed by atoms with Crippen LogP contribution in [0.1, 0.15) is 12.0 Å². The highest BCUT2D eigenvalue weighted by Crippen LogP contribution is 2.25. The lowest BCUT2D eigenvalue weighted by atomic mass is 10.1. The third-order valence-corrected chi connectivity index (χ3v) is 5.59. The zero-order chi connectivity index (χ0) is 23.0. The number of amides is 2. The molecule has 2 atom stereocenters. The summed E-state index contributed by atoms with van der Waals surface area (Å²) < 4.78 is 43.6. The van der Waals surface area contributed by atoms with Gasteiger partial charge in [-0.3, -0.25) is 9.59 Å². The summed E-state index contributed by atoms with van der Waals surface area (Å²) in [5.41, 5.74) is 5.93. The number of nitrogens with zero attached hydrogens (tertiary/aromatic N) is 4. The zero-order valence-electron chi connectivity index (χ0n) is 16.6. The molecule has 4 rings (SSSR count). The Labute approximate surface area is 185 Å². The quantitative estimate of drug-likeness (QED) is 0.599. The molecule has 1 aliphatic rings. The van der Waals surface area contributed by atoms with Crippen molar-refractivity contribution in [1.29, 1.82) is 0 Å². The normalized spacial score (nSPS) is 18.3. The Morgan fingerprint density at radius 1 is 1.28 bits per heavy atom. The Kier molecular flexibility index (Phi) is 5.92. The molecule has 0 spiro atoms. The van der Waals surface area contributed by atoms with Crippen molar-refractivity contribution >= 4 is 40.3 Å². The molecule has 3 N–H and O–H groups in total. The molecule has 0 radical (unpaired) electrons. The molecule has 12 heteroatoms. The van der Waals surface area contributed by atoms with Gasteiger partial charge in [0.25, 0.3) is 0 Å². The zero-order valence-corrected chi connectivity index (χ0v) is 17.3. The maximum Gasteiger partial charge on any atom is 0.243 e. The van der Waals surface area contributed by atoms with E-state index in [-0.39, 0.29) is 53.5 Å². The molecule has 8 nitrogen and oxygen atoms in total. The van der Waals surface area contributed by atoms with Gasteiger partial charge in [0.1, 0.15) is 42.4 Å². The average Bonchev–Trinajstić information content (AvgIpc) is 3.30. The maximum absolute atomic E-state index is 14.2. The highest BCUT2D eigenvalue weighted by Gasteiger charge is 2.39. The van der Waals surface area contributed by atoms with Crippen molar-refractivity contribution in [2.75, 3.05) is 12.3 Å². The van der Waals surface area contributed by atoms with E-state index in [1.807, 2.05) is 0 Å². The summed E-state index contributed by atoms with van der Waals surface area (Å²) in [4.78, 5) is 34.3. The van der Waals surface area contributed by atoms with Gasteiger partial charge in [0, 0.05) is 24.7 Å². The van der Waals surface area contributed by atoms with Crippen LogP contribution in [-0.2, 0) is 22.7 Å². The third kappa shape index (κ3) is 4.07. The summed E-state index contributed by atoms with van der Waals surface area (Å²) >= 11 is 5.73. The van der Waals surface area contributed by atoms with E-state index in [0.717, 1.165) is 17.4 Å². The number of alkyl halides is 1. The molecule has 168 valence electrons. The van der Waals surface area contributed by atoms with E-state index in [0.29, 0.717) is 0 Å². The maximum atomic E-state index is 14.2. The van der Waals surface area contributed by atoms with Crippen molar-refractivity contribution in [3.63, 3.8) is 0 Å². The van der Waals surface area contributed by atoms with Crippen LogP contribution in [0.2, 0.25) is 5.02 Å². The van der Waals surface area contributed by atoms with Crippen molar-refractivity contribution in [1.82, 2.24) is 24.8 Å². The van der Waals surface area contributed by atoms with Gasteiger partial charge in [0.2, 0.25) is 11.8 Å². The van der Waals surface area contributed by atoms with Crippen LogP contribution in [0, 0.1) is 11.6 Å². The fourth-order valence-electron chi connectivity index (χ4n) is 3.75. The Hall–Kier alpha value is -3.34. The molecule has 2 amide bonds. The predicted molar refractivity (Wildman–Crippen MR) is 110 cm³/mol. The molecule has 1 saturated heterocycles. The number of carbonyl (C=O) groups is 2. The largest absolute Gasteiger partial charge is 0.383 e. The standard InChI is InChI=1S/C20H18ClF3N6O2/c21-12-3-1-2-10(17(12)24)5-26-20(32)14-4-11(22)6-30(14)15(31)8-29-7-13(23)16-18(25)27-9-28-19(16)29/h1-3,7,9,11,14H,4-6,8H2,(H,26,32)(H2,25,27,28)/t11-,14+/m1/s1. The minimum Gasteiger partial charge on any atom is -0.383 e. The van der Waals surface area contributed by atoms with E-state index in [9.17, 15) is 22.8 Å². The molecule has 1 aliphatic heterocycles. The second-order valence-electron chi connectivity index (χ2n) is 7.39. The molecule has 1 fully saturated rings. The number of likely N-dealkylation sites (tertiary alicyclic amines) is 1. The first-order valence-corrected chi connectivity index (χ1v) is 10.0. The second-order valence-corrected chi connectivity index (χ2v) is 7.80. The second kappa shape index (κ2) is 8.65. The number of nitrogens with one attached hydrogen (secondary N) is 1. The number of benzene rings is 1. The van der Waals surface area contributed by atoms with Gasteiger partial charge in [-0.05, 0) is 6.07 Å². The van der Waals surface area contributed by atoms with Crippen molar-refractivity contribution in [2.24, 2.45) is 0 Å². The number of rotatable bonds is 5. The van der Waals surface area contributed by atoms with Crippen LogP contribution < -0.4 is 11.1 Å². The van der Waals surface area contributed by atoms with Crippen LogP contribution in [0.3, 0.4) is 0 Å². The summed E-state index contributed by atoms with van der Waals surface area (Å²) in [7, 11) is 0. The molecular weight excluding hydrogens is 449 g/mol. The van der Waals surface area contributed by atoms with Crippen LogP contribution in [-0.4, -0.2) is 50.0 Å². The van der Waals surface area contributed by atoms with Crippen molar-refractivity contribution < 1.29 is 22.8 Å². The summed E-state index contributed by atoms with van der Waals surface area (Å²) in [6.07, 6.45) is 0.573. The Morgan fingerprint density at radius 3 is 2.84 bits per heavy atom. The topological polar surface area (TPSA) is 106 Å². The van der Waals surface area contributed by atoms with Gasteiger partial charge in [-0.2, -0.15) is 0 Å². The van der Waals surface area contributed by atoms with E-state index < -0.39 is 35.7 Å². The summed E-state index contributed by atoms with van der Waals surface area (Å²) in [5.74, 6) is -2.68. The molecule has 3 aromatic rings. The van der Waals surface area contributed by atoms with Crippen molar-refractivity contribution in [2.45, 2.75) is 31.7 Å². The summed E-state index contributed by atoms with van der Waals surface area (Å²) in [6, 6.07) is 3.27. The molecule has 0 unspecified atom stereocenters. The minimum atomic E-state index is -1.41. The summed E-state index contributed by atoms with van der Waals surface area (Å²) in [5, 5.41) is 2.40. The highest BCUT2D eigenvalue weighted by molar-refractivity contribution is 6.30. The predicted octanol–water partition coefficient (Wildman–Crippen LogP) is 2.20. The first-order valence-electron chi connectivity index (χ1n) is 9.65. The van der Waals surface area contributed by atoms with E-state index in [4.69, 9.17) is 17.3 Å². The molecule has 0 saturated carbocycles. The van der Waals surface area contributed by atoms with Crippen LogP contribution in [0.5, 0.6) is 0 Å². The van der Waals surface area contributed by atoms with Crippen LogP contribution in [0.15, 0.2) is 30.7 Å². The number of nitrogens with two attached hydrogens (primary N) is 1. The van der Waals surface area contributed by atoms with Gasteiger partial charge in [-0.1, -0.05) is 23.7 Å². The Balaban J connectivity index is 1.49. The van der Waals surface area contributed by atoms with Crippen LogP contribution in [0.4, 0.5) is 19.0 Å². The molecular formula is C20H18ClF3N6O2. The number of anilines is 1. The van der Waals surface area contributed by atoms with Gasteiger partial charge in [0.15, 0.2) is 5.82 Å². The lowest BCUT2D eigenvalue weighted by Crippen LogP contribution is -2.46. The lowest BCUT2D eigenvalue weighted by Gasteiger charge is -2.24. The van der Waals surface area contributed by atoms with E-state index in [1.54, 1.807) is 0 Å². The third-order valence-electron chi connectivity index (χ3n) is 5.30. The molecule has 3 heterocycles. The number of hydrogen-bond donors (Lipinski definition) is 2. The smallest absolute Gasteiger partial charge is 0.243 e. The number of fused-ring (bicyclic) bond motifs is 1. The van der Waals surface area contributed by atoms with Gasteiger partial charge in [0.05, 0.1) is 17.0 Å². The highest BCUT2D eigenvalue weighted by atomic mass is 35.5. The van der Waals surface area contributed by atoms with Gasteiger partial charge in [-0.25, -0.2) is 23.1 Å². The van der Waals surface area contributed by atoms with Crippen LogP contribution in [0.25, 0.3) is 11.0 Å². The minimum absolute atomic E-state index is 0.0251. The fraction of sp³-hybridized carbons (Fsp3) is 0.300. The molecule has 0 aliphatic carbocycles. The summed E-state index contributed by atoms with van der Waals surface area (Å²) in [6.45, 7) is -0.845. The van der Waals surface area contributed by atoms with Crippen molar-refractivity contribution in [3.05, 3.63) is 52.9 Å². The molecule has 0 bridgehead atoms. The molecule has 32 heavy (non-hydrogen) atoms. The molecule has 1 aromatic carbocycles. The first-order chi connectivity index (χ1) is 15.3. The number of halogens is 4. The van der Waals surface area contributed by atoms with E-state index in [2.05, 4.69) is 15.3 Å². The Bertz CT molecular complexity index is 1200. The van der Waals surface area contributed by atoms with Crippen molar-refractivity contribution in [3.8, 4) is 0 Å². The van der Waals surface area contributed by atoms with E-state index in [1.165, 1.54) is 22.8 Å². The monoisotopic (exact) mass is 466 g/mol. The fourth-order valence-corrected chi connectivity index (χ4v) is 3.94. The lowest BCUT2D eigenvalue weighted by molar-refractivity contribution is -0.139. The van der Waals surface area contributed by atoms with Gasteiger partial charge >= 0.3 is 0 Å². The number of hydrogen-bond acceptors (Lipinski definition) is 5. The SMILES string of the molecule is Nc1ncnc2c1c(F)cn2CC(=O)N1C[C@H](F)C[C@H]1C(=O)NCc1cccc(Cl)c1F. The number of carbonyl (C=O) groups excluding carboxylic acids is 2. The number of aromatic nitrogens is 3. The first kappa shape index (κ1) is 21.9. The van der Waals surface area contributed by atoms with E-state index >= 15 is 0 Å². The van der Waals surface area contributed by atoms with Gasteiger partial charge in [-0.15, -0.1) is 0 Å².